The number of rotatable bonds is 7. The summed E-state index contributed by atoms with van der Waals surface area (Å²) >= 11 is 0. The van der Waals surface area contributed by atoms with Gasteiger partial charge in [-0.15, -0.1) is 0 Å². The maximum Gasteiger partial charge on any atom is 0.288 e. The number of hydrogen-bond acceptors (Lipinski definition) is 6. The second-order valence-electron chi connectivity index (χ2n) is 6.12. The molecule has 0 atom stereocenters. The van der Waals surface area contributed by atoms with Crippen molar-refractivity contribution < 1.29 is 17.7 Å². The Morgan fingerprint density at radius 1 is 1.18 bits per heavy atom. The summed E-state index contributed by atoms with van der Waals surface area (Å²) in [5.74, 6) is -0.322. The molecular weight excluding hydrogens is 387 g/mol. The Hall–Kier alpha value is -3.27. The van der Waals surface area contributed by atoms with Gasteiger partial charge < -0.3 is 5.32 Å². The molecule has 0 amide bonds. The molecule has 0 saturated carbocycles. The molecule has 2 aromatic carbocycles. The third-order valence-electron chi connectivity index (χ3n) is 4.00. The van der Waals surface area contributed by atoms with E-state index >= 15 is 0 Å². The average Bonchev–Trinajstić information content (AvgIpc) is 3.10. The van der Waals surface area contributed by atoms with Crippen molar-refractivity contribution in [2.75, 3.05) is 18.1 Å². The van der Waals surface area contributed by atoms with Gasteiger partial charge in [-0.25, -0.2) is 17.5 Å². The lowest BCUT2D eigenvalue weighted by atomic mass is 10.2. The SMILES string of the molecule is CS(=O)(=O)c1cc(NCCc2ccn(-c3ccc(F)cc3)n2)ccc1[N+](=O)[O-]. The average molecular weight is 404 g/mol. The summed E-state index contributed by atoms with van der Waals surface area (Å²) in [6, 6.07) is 11.7. The Bertz CT molecular complexity index is 1110. The van der Waals surface area contributed by atoms with Crippen molar-refractivity contribution in [3.05, 3.63) is 76.4 Å². The molecule has 0 fully saturated rings. The van der Waals surface area contributed by atoms with Gasteiger partial charge in [0, 0.05) is 37.2 Å². The molecule has 1 heterocycles. The number of aromatic nitrogens is 2. The van der Waals surface area contributed by atoms with E-state index in [2.05, 4.69) is 10.4 Å². The van der Waals surface area contributed by atoms with Crippen LogP contribution in [0, 0.1) is 15.9 Å². The van der Waals surface area contributed by atoms with Gasteiger partial charge in [0.2, 0.25) is 0 Å². The van der Waals surface area contributed by atoms with E-state index in [-0.39, 0.29) is 10.7 Å². The van der Waals surface area contributed by atoms with Gasteiger partial charge >= 0.3 is 0 Å². The summed E-state index contributed by atoms with van der Waals surface area (Å²) in [4.78, 5) is 9.96. The van der Waals surface area contributed by atoms with Crippen LogP contribution in [-0.2, 0) is 16.3 Å². The highest BCUT2D eigenvalue weighted by Gasteiger charge is 2.22. The number of nitro groups is 1. The second kappa shape index (κ2) is 7.77. The van der Waals surface area contributed by atoms with E-state index in [1.807, 2.05) is 6.07 Å². The standard InChI is InChI=1S/C18H17FN4O4S/c1-28(26,27)18-12-15(4-7-17(18)23(24)25)20-10-8-14-9-11-22(21-14)16-5-2-13(19)3-6-16/h2-7,9,11-12,20H,8,10H2,1H3. The molecule has 0 aliphatic carbocycles. The smallest absolute Gasteiger partial charge is 0.288 e. The van der Waals surface area contributed by atoms with Crippen LogP contribution in [0.3, 0.4) is 0 Å². The minimum atomic E-state index is -3.73. The fourth-order valence-electron chi connectivity index (χ4n) is 2.64. The summed E-state index contributed by atoms with van der Waals surface area (Å²) < 4.78 is 38.2. The molecule has 0 saturated heterocycles. The monoisotopic (exact) mass is 404 g/mol. The maximum absolute atomic E-state index is 13.0. The number of anilines is 1. The van der Waals surface area contributed by atoms with E-state index in [9.17, 15) is 22.9 Å². The summed E-state index contributed by atoms with van der Waals surface area (Å²) in [5.41, 5.74) is 1.52. The van der Waals surface area contributed by atoms with Gasteiger partial charge in [0.15, 0.2) is 9.84 Å². The molecule has 1 N–H and O–H groups in total. The van der Waals surface area contributed by atoms with Crippen molar-refractivity contribution in [3.8, 4) is 5.69 Å². The van der Waals surface area contributed by atoms with Crippen molar-refractivity contribution in [1.82, 2.24) is 9.78 Å². The zero-order valence-corrected chi connectivity index (χ0v) is 15.7. The maximum atomic E-state index is 13.0. The van der Waals surface area contributed by atoms with Gasteiger partial charge in [-0.05, 0) is 42.5 Å². The van der Waals surface area contributed by atoms with E-state index in [0.29, 0.717) is 18.7 Å². The van der Waals surface area contributed by atoms with E-state index in [0.717, 1.165) is 17.6 Å². The van der Waals surface area contributed by atoms with Crippen molar-refractivity contribution >= 4 is 21.2 Å². The Balaban J connectivity index is 1.67. The fourth-order valence-corrected chi connectivity index (χ4v) is 3.50. The number of nitrogens with zero attached hydrogens (tertiary/aromatic N) is 3. The Morgan fingerprint density at radius 2 is 1.89 bits per heavy atom. The highest BCUT2D eigenvalue weighted by atomic mass is 32.2. The summed E-state index contributed by atoms with van der Waals surface area (Å²) in [7, 11) is -3.73. The van der Waals surface area contributed by atoms with E-state index in [1.165, 1.54) is 30.3 Å². The molecule has 0 spiro atoms. The molecule has 28 heavy (non-hydrogen) atoms. The minimum Gasteiger partial charge on any atom is -0.385 e. The van der Waals surface area contributed by atoms with Gasteiger partial charge in [0.25, 0.3) is 5.69 Å². The molecule has 0 bridgehead atoms. The van der Waals surface area contributed by atoms with Crippen LogP contribution >= 0.6 is 0 Å². The largest absolute Gasteiger partial charge is 0.385 e. The van der Waals surface area contributed by atoms with Crippen LogP contribution in [0.4, 0.5) is 15.8 Å². The molecule has 3 aromatic rings. The predicted octanol–water partition coefficient (Wildman–Crippen LogP) is 2.98. The predicted molar refractivity (Wildman–Crippen MR) is 102 cm³/mol. The van der Waals surface area contributed by atoms with Crippen molar-refractivity contribution in [2.24, 2.45) is 0 Å². The van der Waals surface area contributed by atoms with Gasteiger partial charge in [-0.3, -0.25) is 10.1 Å². The first-order valence-electron chi connectivity index (χ1n) is 8.27. The minimum absolute atomic E-state index is 0.322. The molecule has 0 unspecified atom stereocenters. The number of nitro benzene ring substituents is 1. The zero-order valence-electron chi connectivity index (χ0n) is 14.9. The number of nitrogens with one attached hydrogen (secondary N) is 1. The van der Waals surface area contributed by atoms with Crippen LogP contribution in [0.5, 0.6) is 0 Å². The summed E-state index contributed by atoms with van der Waals surface area (Å²) in [5, 5.41) is 18.5. The molecule has 10 heteroatoms. The van der Waals surface area contributed by atoms with Crippen LogP contribution in [0.1, 0.15) is 5.69 Å². The van der Waals surface area contributed by atoms with Crippen molar-refractivity contribution in [2.45, 2.75) is 11.3 Å². The normalized spacial score (nSPS) is 11.4. The van der Waals surface area contributed by atoms with Gasteiger partial charge in [0.05, 0.1) is 16.3 Å². The lowest BCUT2D eigenvalue weighted by molar-refractivity contribution is -0.387. The Kier molecular flexibility index (Phi) is 5.41. The fraction of sp³-hybridized carbons (Fsp3) is 0.167. The van der Waals surface area contributed by atoms with Crippen molar-refractivity contribution in [3.63, 3.8) is 0 Å². The first-order chi connectivity index (χ1) is 13.2. The Labute approximate surface area is 160 Å². The Morgan fingerprint density at radius 3 is 2.54 bits per heavy atom. The van der Waals surface area contributed by atoms with Gasteiger partial charge in [0.1, 0.15) is 10.7 Å². The molecular formula is C18H17FN4O4S. The lowest BCUT2D eigenvalue weighted by Gasteiger charge is -2.08. The van der Waals surface area contributed by atoms with E-state index < -0.39 is 20.4 Å². The van der Waals surface area contributed by atoms with Gasteiger partial charge in [-0.2, -0.15) is 5.10 Å². The van der Waals surface area contributed by atoms with Crippen LogP contribution in [0.2, 0.25) is 0 Å². The second-order valence-corrected chi connectivity index (χ2v) is 8.10. The highest BCUT2D eigenvalue weighted by molar-refractivity contribution is 7.90. The summed E-state index contributed by atoms with van der Waals surface area (Å²) in [6.45, 7) is 0.446. The molecule has 0 aliphatic rings. The topological polar surface area (TPSA) is 107 Å². The third-order valence-corrected chi connectivity index (χ3v) is 5.13. The molecule has 0 radical (unpaired) electrons. The summed E-state index contributed by atoms with van der Waals surface area (Å²) in [6.07, 6.45) is 3.23. The van der Waals surface area contributed by atoms with E-state index in [4.69, 9.17) is 0 Å². The highest BCUT2D eigenvalue weighted by Crippen LogP contribution is 2.27. The number of benzene rings is 2. The number of halogens is 1. The number of sulfone groups is 1. The first-order valence-corrected chi connectivity index (χ1v) is 10.2. The quantitative estimate of drug-likeness (QED) is 0.479. The van der Waals surface area contributed by atoms with Crippen LogP contribution in [-0.4, -0.2) is 35.9 Å². The van der Waals surface area contributed by atoms with Gasteiger partial charge in [-0.1, -0.05) is 0 Å². The molecule has 3 rings (SSSR count). The molecule has 146 valence electrons. The van der Waals surface area contributed by atoms with Crippen LogP contribution in [0.15, 0.2) is 59.6 Å². The van der Waals surface area contributed by atoms with Crippen molar-refractivity contribution in [1.29, 1.82) is 0 Å². The molecule has 0 aliphatic heterocycles. The first kappa shape index (κ1) is 19.5. The number of hydrogen-bond donors (Lipinski definition) is 1. The lowest BCUT2D eigenvalue weighted by Crippen LogP contribution is -2.08. The van der Waals surface area contributed by atoms with E-state index in [1.54, 1.807) is 23.0 Å². The molecule has 8 nitrogen and oxygen atoms in total. The third kappa shape index (κ3) is 4.52. The zero-order chi connectivity index (χ0) is 20.3. The van der Waals surface area contributed by atoms with Crippen LogP contribution < -0.4 is 5.32 Å². The van der Waals surface area contributed by atoms with Crippen LogP contribution in [0.25, 0.3) is 5.69 Å². The molecule has 1 aromatic heterocycles.